The van der Waals surface area contributed by atoms with Crippen LogP contribution in [0.25, 0.3) is 5.76 Å². The van der Waals surface area contributed by atoms with Crippen molar-refractivity contribution < 1.29 is 14.3 Å². The molecule has 0 heterocycles. The number of hydrogen-bond donors (Lipinski definition) is 0. The number of nitrogens with zero attached hydrogens (tertiary/aromatic N) is 1. The zero-order valence-corrected chi connectivity index (χ0v) is 10.9. The highest BCUT2D eigenvalue weighted by Crippen LogP contribution is 2.33. The Labute approximate surface area is 107 Å². The lowest BCUT2D eigenvalue weighted by Crippen LogP contribution is -2.08. The van der Waals surface area contributed by atoms with Crippen molar-refractivity contribution in [2.75, 3.05) is 7.11 Å². The highest BCUT2D eigenvalue weighted by Gasteiger charge is 2.13. The van der Waals surface area contributed by atoms with Crippen molar-refractivity contribution in [1.82, 2.24) is 0 Å². The molecule has 0 fully saturated rings. The van der Waals surface area contributed by atoms with Crippen LogP contribution < -0.4 is 4.74 Å². The molecule has 18 heavy (non-hydrogen) atoms. The van der Waals surface area contributed by atoms with Gasteiger partial charge < -0.3 is 9.47 Å². The van der Waals surface area contributed by atoms with Gasteiger partial charge in [-0.1, -0.05) is 6.58 Å². The highest BCUT2D eigenvalue weighted by molar-refractivity contribution is 5.85. The second-order valence-corrected chi connectivity index (χ2v) is 3.98. The van der Waals surface area contributed by atoms with Gasteiger partial charge in [0.1, 0.15) is 11.5 Å². The Bertz CT molecular complexity index is 478. The highest BCUT2D eigenvalue weighted by atomic mass is 16.5. The van der Waals surface area contributed by atoms with Crippen LogP contribution in [-0.2, 0) is 4.74 Å². The molecule has 1 aromatic carbocycles. The van der Waals surface area contributed by atoms with Crippen molar-refractivity contribution in [3.63, 3.8) is 0 Å². The van der Waals surface area contributed by atoms with Crippen LogP contribution in [0.2, 0.25) is 0 Å². The third kappa shape index (κ3) is 2.97. The summed E-state index contributed by atoms with van der Waals surface area (Å²) in [6.45, 7) is 11.0. The number of carbonyl (C=O) groups is 1. The summed E-state index contributed by atoms with van der Waals surface area (Å²) < 4.78 is 10.7. The van der Waals surface area contributed by atoms with Crippen molar-refractivity contribution in [3.05, 3.63) is 29.8 Å². The predicted molar refractivity (Wildman–Crippen MR) is 72.8 cm³/mol. The summed E-state index contributed by atoms with van der Waals surface area (Å²) in [6, 6.07) is 3.30. The molecular formula is C14H17NO3. The monoisotopic (exact) mass is 247 g/mol. The maximum absolute atomic E-state index is 11.0. The summed E-state index contributed by atoms with van der Waals surface area (Å²) >= 11 is 0. The molecule has 4 nitrogen and oxygen atoms in total. The third-order valence-electron chi connectivity index (χ3n) is 2.33. The maximum atomic E-state index is 11.0. The fraction of sp³-hybridized carbons (Fsp3) is 0.286. The van der Waals surface area contributed by atoms with Crippen LogP contribution in [0, 0.1) is 0 Å². The molecular weight excluding hydrogens is 230 g/mol. The Morgan fingerprint density at radius 1 is 1.44 bits per heavy atom. The Balaban J connectivity index is 3.37. The summed E-state index contributed by atoms with van der Waals surface area (Å²) in [5.74, 6) is 0.934. The smallest absolute Gasteiger partial charge is 0.153 e. The molecule has 0 saturated carbocycles. The largest absolute Gasteiger partial charge is 0.497 e. The Morgan fingerprint density at radius 2 is 2.11 bits per heavy atom. The topological polar surface area (TPSA) is 47.9 Å². The number of aliphatic imine (C=N–C) groups is 1. The minimum absolute atomic E-state index is 0.0325. The van der Waals surface area contributed by atoms with Crippen molar-refractivity contribution in [3.8, 4) is 5.75 Å². The van der Waals surface area contributed by atoms with Crippen LogP contribution in [0.5, 0.6) is 5.75 Å². The predicted octanol–water partition coefficient (Wildman–Crippen LogP) is 3.24. The fourth-order valence-electron chi connectivity index (χ4n) is 1.50. The average Bonchev–Trinajstić information content (AvgIpc) is 2.36. The van der Waals surface area contributed by atoms with Crippen LogP contribution in [0.15, 0.2) is 23.7 Å². The van der Waals surface area contributed by atoms with Crippen molar-refractivity contribution in [2.24, 2.45) is 4.99 Å². The molecule has 1 rings (SSSR count). The first-order valence-corrected chi connectivity index (χ1v) is 5.53. The Hall–Kier alpha value is -2.10. The second kappa shape index (κ2) is 6.00. The Kier molecular flexibility index (Phi) is 4.66. The lowest BCUT2D eigenvalue weighted by atomic mass is 10.1. The molecule has 96 valence electrons. The van der Waals surface area contributed by atoms with Crippen LogP contribution >= 0.6 is 0 Å². The zero-order valence-electron chi connectivity index (χ0n) is 10.9. The molecule has 0 spiro atoms. The number of carbonyl (C=O) groups excluding carboxylic acids is 1. The first-order valence-electron chi connectivity index (χ1n) is 5.53. The van der Waals surface area contributed by atoms with E-state index in [4.69, 9.17) is 9.47 Å². The number of benzene rings is 1. The van der Waals surface area contributed by atoms with Gasteiger partial charge in [0, 0.05) is 5.56 Å². The lowest BCUT2D eigenvalue weighted by molar-refractivity contribution is 0.111. The van der Waals surface area contributed by atoms with Gasteiger partial charge in [0.15, 0.2) is 6.29 Å². The molecule has 0 unspecified atom stereocenters. The van der Waals surface area contributed by atoms with Gasteiger partial charge >= 0.3 is 0 Å². The number of aldehydes is 1. The molecule has 0 saturated heterocycles. The summed E-state index contributed by atoms with van der Waals surface area (Å²) in [7, 11) is 1.52. The number of rotatable bonds is 6. The van der Waals surface area contributed by atoms with E-state index in [0.717, 1.165) is 6.29 Å². The molecule has 0 amide bonds. The van der Waals surface area contributed by atoms with E-state index in [2.05, 4.69) is 18.3 Å². The minimum Gasteiger partial charge on any atom is -0.497 e. The summed E-state index contributed by atoms with van der Waals surface area (Å²) in [6.07, 6.45) is 0.695. The van der Waals surface area contributed by atoms with E-state index in [-0.39, 0.29) is 6.10 Å². The first kappa shape index (κ1) is 14.0. The Morgan fingerprint density at radius 3 is 2.56 bits per heavy atom. The van der Waals surface area contributed by atoms with E-state index in [9.17, 15) is 4.79 Å². The fourth-order valence-corrected chi connectivity index (χ4v) is 1.50. The van der Waals surface area contributed by atoms with Gasteiger partial charge in [-0.3, -0.25) is 9.79 Å². The van der Waals surface area contributed by atoms with Crippen LogP contribution in [-0.4, -0.2) is 26.2 Å². The molecule has 0 aliphatic carbocycles. The first-order chi connectivity index (χ1) is 8.53. The van der Waals surface area contributed by atoms with Gasteiger partial charge in [-0.05, 0) is 32.7 Å². The molecule has 0 aliphatic rings. The molecule has 1 aromatic rings. The number of hydrogen-bond acceptors (Lipinski definition) is 4. The second-order valence-electron chi connectivity index (χ2n) is 3.98. The van der Waals surface area contributed by atoms with Gasteiger partial charge in [-0.15, -0.1) is 0 Å². The van der Waals surface area contributed by atoms with Crippen molar-refractivity contribution >= 4 is 24.5 Å². The molecule has 0 atom stereocenters. The van der Waals surface area contributed by atoms with Crippen LogP contribution in [0.1, 0.15) is 29.8 Å². The van der Waals surface area contributed by atoms with Gasteiger partial charge in [-0.25, -0.2) is 0 Å². The minimum atomic E-state index is -0.0325. The molecule has 0 aromatic heterocycles. The van der Waals surface area contributed by atoms with Crippen LogP contribution in [0.4, 0.5) is 5.69 Å². The van der Waals surface area contributed by atoms with E-state index in [1.165, 1.54) is 7.11 Å². The molecule has 0 radical (unpaired) electrons. The SMILES string of the molecule is C=Nc1cc(C=O)c(OC(C)C)cc1C(=C)OC. The van der Waals surface area contributed by atoms with Gasteiger partial charge in [0.25, 0.3) is 0 Å². The van der Waals surface area contributed by atoms with Gasteiger partial charge in [0.2, 0.25) is 0 Å². The molecule has 0 bridgehead atoms. The van der Waals surface area contributed by atoms with Crippen LogP contribution in [0.3, 0.4) is 0 Å². The summed E-state index contributed by atoms with van der Waals surface area (Å²) in [5, 5.41) is 0. The third-order valence-corrected chi connectivity index (χ3v) is 2.33. The van der Waals surface area contributed by atoms with E-state index in [0.29, 0.717) is 28.3 Å². The molecule has 0 N–H and O–H groups in total. The number of methoxy groups -OCH3 is 1. The maximum Gasteiger partial charge on any atom is 0.153 e. The quantitative estimate of drug-likeness (QED) is 0.440. The van der Waals surface area contributed by atoms with Gasteiger partial charge in [-0.2, -0.15) is 0 Å². The van der Waals surface area contributed by atoms with E-state index in [1.54, 1.807) is 12.1 Å². The van der Waals surface area contributed by atoms with E-state index in [1.807, 2.05) is 13.8 Å². The van der Waals surface area contributed by atoms with E-state index < -0.39 is 0 Å². The lowest BCUT2D eigenvalue weighted by Gasteiger charge is -2.15. The van der Waals surface area contributed by atoms with Crippen molar-refractivity contribution in [1.29, 1.82) is 0 Å². The normalized spacial score (nSPS) is 10.0. The summed E-state index contributed by atoms with van der Waals surface area (Å²) in [4.78, 5) is 14.9. The molecule has 0 aliphatic heterocycles. The van der Waals surface area contributed by atoms with Crippen molar-refractivity contribution in [2.45, 2.75) is 20.0 Å². The summed E-state index contributed by atoms with van der Waals surface area (Å²) in [5.41, 5.74) is 1.63. The molecule has 4 heteroatoms. The standard InChI is InChI=1S/C14H17NO3/c1-9(2)18-14-7-12(10(3)17-5)13(15-4)6-11(14)8-16/h6-9H,3-4H2,1-2,5H3. The van der Waals surface area contributed by atoms with E-state index >= 15 is 0 Å². The number of ether oxygens (including phenoxy) is 2. The van der Waals surface area contributed by atoms with Gasteiger partial charge in [0.05, 0.1) is 24.5 Å². The zero-order chi connectivity index (χ0) is 13.7. The average molecular weight is 247 g/mol.